The van der Waals surface area contributed by atoms with Gasteiger partial charge in [-0.2, -0.15) is 4.31 Å². The van der Waals surface area contributed by atoms with E-state index < -0.39 is 27.7 Å². The first kappa shape index (κ1) is 27.9. The number of nitrogens with zero attached hydrogens (tertiary/aromatic N) is 2. The molecular formula is C29H39N3O6S. The Kier molecular flexibility index (Phi) is 7.92. The predicted molar refractivity (Wildman–Crippen MR) is 148 cm³/mol. The molecule has 1 spiro atoms. The molecule has 0 saturated carbocycles. The van der Waals surface area contributed by atoms with E-state index >= 15 is 0 Å². The number of fused-ring (bicyclic) bond motifs is 2. The van der Waals surface area contributed by atoms with Crippen molar-refractivity contribution in [3.63, 3.8) is 0 Å². The Labute approximate surface area is 231 Å². The summed E-state index contributed by atoms with van der Waals surface area (Å²) in [4.78, 5) is 16.0. The second-order valence-electron chi connectivity index (χ2n) is 11.4. The van der Waals surface area contributed by atoms with Gasteiger partial charge in [-0.05, 0) is 54.2 Å². The molecule has 2 aromatic rings. The number of likely N-dealkylation sites (tertiary alicyclic amines) is 1. The Hall–Kier alpha value is -2.66. The smallest absolute Gasteiger partial charge is 0.247 e. The Balaban J connectivity index is 1.51. The van der Waals surface area contributed by atoms with E-state index in [0.29, 0.717) is 18.1 Å². The Morgan fingerprint density at radius 2 is 1.87 bits per heavy atom. The van der Waals surface area contributed by atoms with E-state index in [1.165, 1.54) is 6.07 Å². The van der Waals surface area contributed by atoms with Crippen molar-refractivity contribution >= 4 is 15.9 Å². The van der Waals surface area contributed by atoms with Gasteiger partial charge in [-0.1, -0.05) is 32.0 Å². The van der Waals surface area contributed by atoms with Crippen LogP contribution >= 0.6 is 0 Å². The third kappa shape index (κ3) is 5.79. The number of hydrogen-bond donors (Lipinski definition) is 2. The van der Waals surface area contributed by atoms with Crippen LogP contribution in [0.15, 0.2) is 47.4 Å². The lowest BCUT2D eigenvalue weighted by Crippen LogP contribution is -2.59. The molecular weight excluding hydrogens is 518 g/mol. The number of carbonyl (C=O) groups excluding carboxylic acids is 1. The Morgan fingerprint density at radius 1 is 1.13 bits per heavy atom. The van der Waals surface area contributed by atoms with Crippen LogP contribution in [0.2, 0.25) is 0 Å². The maximum absolute atomic E-state index is 13.9. The van der Waals surface area contributed by atoms with Crippen molar-refractivity contribution in [2.24, 2.45) is 5.92 Å². The highest BCUT2D eigenvalue weighted by Crippen LogP contribution is 2.37. The molecule has 212 valence electrons. The fraction of sp³-hybridized carbons (Fsp3) is 0.552. The van der Waals surface area contributed by atoms with E-state index in [2.05, 4.69) is 24.1 Å². The zero-order chi connectivity index (χ0) is 27.8. The number of amides is 1. The van der Waals surface area contributed by atoms with Crippen molar-refractivity contribution in [2.75, 3.05) is 39.9 Å². The fourth-order valence-corrected chi connectivity index (χ4v) is 7.80. The molecule has 2 atom stereocenters. The number of nitrogens with one attached hydrogen (secondary N) is 1. The fourth-order valence-electron chi connectivity index (χ4n) is 6.05. The quantitative estimate of drug-likeness (QED) is 0.595. The molecule has 3 heterocycles. The van der Waals surface area contributed by atoms with Gasteiger partial charge in [-0.25, -0.2) is 8.42 Å². The van der Waals surface area contributed by atoms with E-state index in [-0.39, 0.29) is 36.1 Å². The third-order valence-electron chi connectivity index (χ3n) is 8.13. The first-order valence-corrected chi connectivity index (χ1v) is 15.2. The van der Waals surface area contributed by atoms with Gasteiger partial charge < -0.3 is 24.8 Å². The van der Waals surface area contributed by atoms with Gasteiger partial charge in [0.05, 0.1) is 19.8 Å². The highest BCUT2D eigenvalue weighted by atomic mass is 32.2. The number of ether oxygens (including phenoxy) is 2. The summed E-state index contributed by atoms with van der Waals surface area (Å²) >= 11 is 0. The SMILES string of the molecule is COc1cccc(-c2ccc3c(c2)OCCC2(CCN(CC(C)C)CC2)NC(=O)[C@@H]2C[C@@H](O)CN2S3(=O)=O)c1. The lowest BCUT2D eigenvalue weighted by molar-refractivity contribution is -0.127. The zero-order valence-electron chi connectivity index (χ0n) is 22.9. The first-order chi connectivity index (χ1) is 18.6. The second kappa shape index (κ2) is 11.1. The van der Waals surface area contributed by atoms with Crippen LogP contribution in [0.5, 0.6) is 11.5 Å². The van der Waals surface area contributed by atoms with Gasteiger partial charge in [0, 0.05) is 44.6 Å². The minimum absolute atomic E-state index is 0.00347. The van der Waals surface area contributed by atoms with Gasteiger partial charge in [0.15, 0.2) is 0 Å². The molecule has 2 saturated heterocycles. The topological polar surface area (TPSA) is 108 Å². The van der Waals surface area contributed by atoms with Gasteiger partial charge in [-0.15, -0.1) is 0 Å². The van der Waals surface area contributed by atoms with E-state index in [9.17, 15) is 18.3 Å². The monoisotopic (exact) mass is 557 g/mol. The molecule has 10 heteroatoms. The summed E-state index contributed by atoms with van der Waals surface area (Å²) in [5.74, 6) is 1.15. The first-order valence-electron chi connectivity index (χ1n) is 13.8. The van der Waals surface area contributed by atoms with Crippen molar-refractivity contribution in [2.45, 2.75) is 62.1 Å². The van der Waals surface area contributed by atoms with Crippen LogP contribution in [-0.2, 0) is 14.8 Å². The lowest BCUT2D eigenvalue weighted by atomic mass is 9.83. The number of hydrogen-bond acceptors (Lipinski definition) is 7. The van der Waals surface area contributed by atoms with Crippen molar-refractivity contribution < 1.29 is 27.8 Å². The van der Waals surface area contributed by atoms with Crippen molar-refractivity contribution in [1.29, 1.82) is 0 Å². The van der Waals surface area contributed by atoms with Crippen LogP contribution in [-0.4, -0.2) is 86.2 Å². The number of methoxy groups -OCH3 is 1. The minimum Gasteiger partial charge on any atom is -0.497 e. The lowest BCUT2D eigenvalue weighted by Gasteiger charge is -2.43. The highest BCUT2D eigenvalue weighted by molar-refractivity contribution is 7.89. The number of sulfonamides is 1. The molecule has 3 aliphatic rings. The molecule has 0 aliphatic carbocycles. The second-order valence-corrected chi connectivity index (χ2v) is 13.3. The van der Waals surface area contributed by atoms with Crippen molar-refractivity contribution in [3.8, 4) is 22.6 Å². The molecule has 2 aromatic carbocycles. The molecule has 5 rings (SSSR count). The van der Waals surface area contributed by atoms with E-state index in [1.807, 2.05) is 24.3 Å². The minimum atomic E-state index is -4.12. The summed E-state index contributed by atoms with van der Waals surface area (Å²) < 4.78 is 40.6. The summed E-state index contributed by atoms with van der Waals surface area (Å²) in [5.41, 5.74) is 1.16. The maximum Gasteiger partial charge on any atom is 0.247 e. The van der Waals surface area contributed by atoms with Crippen molar-refractivity contribution in [1.82, 2.24) is 14.5 Å². The van der Waals surface area contributed by atoms with Gasteiger partial charge in [0.2, 0.25) is 15.9 Å². The summed E-state index contributed by atoms with van der Waals surface area (Å²) in [7, 11) is -2.52. The highest BCUT2D eigenvalue weighted by Gasteiger charge is 2.47. The molecule has 2 N–H and O–H groups in total. The zero-order valence-corrected chi connectivity index (χ0v) is 23.7. The van der Waals surface area contributed by atoms with Crippen molar-refractivity contribution in [3.05, 3.63) is 42.5 Å². The average molecular weight is 558 g/mol. The number of benzene rings is 2. The van der Waals surface area contributed by atoms with Crippen LogP contribution in [0.4, 0.5) is 0 Å². The van der Waals surface area contributed by atoms with Crippen LogP contribution in [0.3, 0.4) is 0 Å². The van der Waals surface area contributed by atoms with Crippen LogP contribution < -0.4 is 14.8 Å². The summed E-state index contributed by atoms with van der Waals surface area (Å²) in [6.07, 6.45) is 1.23. The summed E-state index contributed by atoms with van der Waals surface area (Å²) in [5, 5.41) is 13.7. The van der Waals surface area contributed by atoms with E-state index in [0.717, 1.165) is 47.9 Å². The molecule has 0 unspecified atom stereocenters. The van der Waals surface area contributed by atoms with Crippen LogP contribution in [0.25, 0.3) is 11.1 Å². The van der Waals surface area contributed by atoms with Gasteiger partial charge in [-0.3, -0.25) is 4.79 Å². The largest absolute Gasteiger partial charge is 0.497 e. The molecule has 1 amide bonds. The maximum atomic E-state index is 13.9. The average Bonchev–Trinajstić information content (AvgIpc) is 3.32. The number of piperidine rings is 1. The molecule has 2 fully saturated rings. The Morgan fingerprint density at radius 3 is 2.59 bits per heavy atom. The van der Waals surface area contributed by atoms with Crippen LogP contribution in [0, 0.1) is 5.92 Å². The predicted octanol–water partition coefficient (Wildman–Crippen LogP) is 2.88. The van der Waals surface area contributed by atoms with E-state index in [1.54, 1.807) is 19.2 Å². The van der Waals surface area contributed by atoms with Gasteiger partial charge in [0.1, 0.15) is 22.4 Å². The van der Waals surface area contributed by atoms with Crippen LogP contribution in [0.1, 0.15) is 39.5 Å². The van der Waals surface area contributed by atoms with Gasteiger partial charge >= 0.3 is 0 Å². The molecule has 0 aromatic heterocycles. The molecule has 3 aliphatic heterocycles. The molecule has 9 nitrogen and oxygen atoms in total. The summed E-state index contributed by atoms with van der Waals surface area (Å²) in [6, 6.07) is 11.6. The Bertz CT molecular complexity index is 1310. The number of aliphatic hydroxyl groups is 1. The normalized spacial score (nSPS) is 25.3. The van der Waals surface area contributed by atoms with E-state index in [4.69, 9.17) is 9.47 Å². The standard InChI is InChI=1S/C29H39N3O6S/c1-20(2)18-31-12-9-29(10-13-31)11-14-38-26-16-22(21-5-4-6-24(15-21)37-3)7-8-27(26)39(35,36)32-19-23(33)17-25(32)28(34)30-29/h4-8,15-16,20,23,25,33H,9-14,17-19H2,1-3H3,(H,30,34)/t23-,25+/m1/s1. The number of carbonyl (C=O) groups is 1. The molecule has 0 radical (unpaired) electrons. The third-order valence-corrected chi connectivity index (χ3v) is 10.0. The van der Waals surface area contributed by atoms with Gasteiger partial charge in [0.25, 0.3) is 0 Å². The molecule has 0 bridgehead atoms. The summed E-state index contributed by atoms with van der Waals surface area (Å²) in [6.45, 7) is 7.24. The molecule has 39 heavy (non-hydrogen) atoms. The number of aliphatic hydroxyl groups excluding tert-OH is 1. The number of rotatable bonds is 4.